The number of carbonyl (C=O) groups excluding carboxylic acids is 1. The first-order valence-corrected chi connectivity index (χ1v) is 10.2. The van der Waals surface area contributed by atoms with Gasteiger partial charge in [0.05, 0.1) is 58.9 Å². The van der Waals surface area contributed by atoms with Crippen molar-refractivity contribution < 1.29 is 28.1 Å². The van der Waals surface area contributed by atoms with Gasteiger partial charge in [-0.15, -0.1) is 0 Å². The van der Waals surface area contributed by atoms with Gasteiger partial charge in [-0.1, -0.05) is 25.8 Å². The van der Waals surface area contributed by atoms with E-state index in [-0.39, 0.29) is 18.4 Å². The average molecular weight is 399 g/mol. The third-order valence-corrected chi connectivity index (χ3v) is 3.84. The van der Waals surface area contributed by atoms with E-state index in [1.807, 2.05) is 6.26 Å². The van der Waals surface area contributed by atoms with Crippen molar-refractivity contribution in [2.45, 2.75) is 33.0 Å². The molecule has 26 heavy (non-hydrogen) atoms. The summed E-state index contributed by atoms with van der Waals surface area (Å²) < 4.78 is 38.4. The number of hydrogen-bond donors (Lipinski definition) is 2. The van der Waals surface area contributed by atoms with Crippen LogP contribution in [0.3, 0.4) is 0 Å². The number of alkyl halides is 1. The van der Waals surface area contributed by atoms with Crippen LogP contribution < -0.4 is 10.0 Å². The molecule has 7 nitrogen and oxygen atoms in total. The fraction of sp³-hybridized carbons (Fsp3) is 0.941. The first kappa shape index (κ1) is 25.6. The fourth-order valence-electron chi connectivity index (χ4n) is 1.72. The fourth-order valence-corrected chi connectivity index (χ4v) is 2.01. The molecule has 0 aliphatic rings. The van der Waals surface area contributed by atoms with E-state index in [4.69, 9.17) is 18.9 Å². The molecule has 0 heterocycles. The minimum atomic E-state index is -1.24. The lowest BCUT2D eigenvalue weighted by Gasteiger charge is -2.18. The van der Waals surface area contributed by atoms with Crippen molar-refractivity contribution in [3.63, 3.8) is 0 Å². The Morgan fingerprint density at radius 1 is 0.962 bits per heavy atom. The molecule has 2 atom stereocenters. The summed E-state index contributed by atoms with van der Waals surface area (Å²) >= 11 is 1.57. The van der Waals surface area contributed by atoms with Crippen molar-refractivity contribution in [1.82, 2.24) is 10.0 Å². The standard InChI is InChI=1S/C17H35FN2O5S/c1-14(2)17(21)19-13-16(18)15(3)25-12-11-24-10-9-23-8-7-22-6-5-20-26-4/h14-16,20H,5-13H2,1-4H3,(H,19,21). The molecule has 0 spiro atoms. The molecule has 0 aromatic carbocycles. The van der Waals surface area contributed by atoms with Gasteiger partial charge in [0.2, 0.25) is 5.91 Å². The number of halogens is 1. The minimum Gasteiger partial charge on any atom is -0.378 e. The largest absolute Gasteiger partial charge is 0.378 e. The lowest BCUT2D eigenvalue weighted by molar-refractivity contribution is -0.124. The molecule has 0 bridgehead atoms. The molecule has 0 aliphatic carbocycles. The predicted octanol–water partition coefficient (Wildman–Crippen LogP) is 1.42. The van der Waals surface area contributed by atoms with Crippen LogP contribution in [0.4, 0.5) is 4.39 Å². The molecule has 0 aromatic heterocycles. The minimum absolute atomic E-state index is 0.0394. The Morgan fingerprint density at radius 3 is 2.04 bits per heavy atom. The van der Waals surface area contributed by atoms with Crippen LogP contribution in [0.2, 0.25) is 0 Å². The maximum absolute atomic E-state index is 13.8. The van der Waals surface area contributed by atoms with Crippen LogP contribution in [0.5, 0.6) is 0 Å². The van der Waals surface area contributed by atoms with E-state index in [0.29, 0.717) is 46.2 Å². The number of rotatable bonds is 18. The number of ether oxygens (including phenoxy) is 4. The van der Waals surface area contributed by atoms with Gasteiger partial charge in [0.15, 0.2) is 0 Å². The van der Waals surface area contributed by atoms with Crippen LogP contribution in [0.15, 0.2) is 0 Å². The Morgan fingerprint density at radius 2 is 1.50 bits per heavy atom. The van der Waals surface area contributed by atoms with E-state index in [9.17, 15) is 9.18 Å². The monoisotopic (exact) mass is 398 g/mol. The summed E-state index contributed by atoms with van der Waals surface area (Å²) in [5.74, 6) is -0.317. The molecular formula is C17H35FN2O5S. The van der Waals surface area contributed by atoms with Gasteiger partial charge in [0.1, 0.15) is 6.17 Å². The normalized spacial score (nSPS) is 13.8. The van der Waals surface area contributed by atoms with E-state index in [1.165, 1.54) is 0 Å². The molecule has 2 N–H and O–H groups in total. The SMILES string of the molecule is CSNCCOCCOCCOCCOC(C)C(F)CNC(=O)C(C)C. The Labute approximate surface area is 161 Å². The second-order valence-corrected chi connectivity index (χ2v) is 6.62. The summed E-state index contributed by atoms with van der Waals surface area (Å²) in [7, 11) is 0. The topological polar surface area (TPSA) is 78.1 Å². The van der Waals surface area contributed by atoms with Crippen LogP contribution in [0.1, 0.15) is 20.8 Å². The van der Waals surface area contributed by atoms with Gasteiger partial charge in [-0.25, -0.2) is 4.39 Å². The molecule has 0 radical (unpaired) electrons. The van der Waals surface area contributed by atoms with Crippen molar-refractivity contribution in [2.75, 3.05) is 65.6 Å². The highest BCUT2D eigenvalue weighted by Gasteiger charge is 2.18. The highest BCUT2D eigenvalue weighted by atomic mass is 32.2. The van der Waals surface area contributed by atoms with E-state index >= 15 is 0 Å². The van der Waals surface area contributed by atoms with Gasteiger partial charge in [0, 0.05) is 12.5 Å². The molecule has 9 heteroatoms. The van der Waals surface area contributed by atoms with Crippen LogP contribution >= 0.6 is 11.9 Å². The zero-order valence-electron chi connectivity index (χ0n) is 16.4. The van der Waals surface area contributed by atoms with E-state index in [1.54, 1.807) is 32.7 Å². The smallest absolute Gasteiger partial charge is 0.222 e. The van der Waals surface area contributed by atoms with Crippen molar-refractivity contribution in [2.24, 2.45) is 5.92 Å². The van der Waals surface area contributed by atoms with Crippen LogP contribution in [-0.4, -0.2) is 83.8 Å². The zero-order chi connectivity index (χ0) is 19.6. The molecule has 1 amide bonds. The Kier molecular flexibility index (Phi) is 17.6. The van der Waals surface area contributed by atoms with Crippen molar-refractivity contribution in [3.8, 4) is 0 Å². The summed E-state index contributed by atoms with van der Waals surface area (Å²) in [6, 6.07) is 0. The van der Waals surface area contributed by atoms with Crippen molar-refractivity contribution in [3.05, 3.63) is 0 Å². The first-order chi connectivity index (χ1) is 12.5. The number of carbonyl (C=O) groups is 1. The molecule has 0 rings (SSSR count). The Hall–Kier alpha value is -0.450. The Bertz CT molecular complexity index is 340. The number of nitrogens with one attached hydrogen (secondary N) is 2. The van der Waals surface area contributed by atoms with Gasteiger partial charge >= 0.3 is 0 Å². The lowest BCUT2D eigenvalue weighted by atomic mass is 10.2. The molecule has 0 saturated heterocycles. The summed E-state index contributed by atoms with van der Waals surface area (Å²) in [5.41, 5.74) is 0. The molecule has 0 fully saturated rings. The van der Waals surface area contributed by atoms with Gasteiger partial charge in [-0.05, 0) is 13.2 Å². The summed E-state index contributed by atoms with van der Waals surface area (Å²) in [5, 5.41) is 2.56. The number of amides is 1. The maximum Gasteiger partial charge on any atom is 0.222 e. The first-order valence-electron chi connectivity index (χ1n) is 9.01. The maximum atomic E-state index is 13.8. The quantitative estimate of drug-likeness (QED) is 0.267. The molecule has 2 unspecified atom stereocenters. The third kappa shape index (κ3) is 15.8. The highest BCUT2D eigenvalue weighted by Crippen LogP contribution is 2.03. The third-order valence-electron chi connectivity index (χ3n) is 3.35. The van der Waals surface area contributed by atoms with Crippen LogP contribution in [0, 0.1) is 5.92 Å². The van der Waals surface area contributed by atoms with E-state index in [2.05, 4.69) is 10.0 Å². The highest BCUT2D eigenvalue weighted by molar-refractivity contribution is 7.96. The average Bonchev–Trinajstić information content (AvgIpc) is 2.62. The van der Waals surface area contributed by atoms with Gasteiger partial charge < -0.3 is 24.3 Å². The Balaban J connectivity index is 3.37. The molecular weight excluding hydrogens is 363 g/mol. The zero-order valence-corrected chi connectivity index (χ0v) is 17.2. The number of hydrogen-bond acceptors (Lipinski definition) is 7. The van der Waals surface area contributed by atoms with Gasteiger partial charge in [0.25, 0.3) is 0 Å². The molecule has 0 aliphatic heterocycles. The van der Waals surface area contributed by atoms with Crippen LogP contribution in [-0.2, 0) is 23.7 Å². The lowest BCUT2D eigenvalue weighted by Crippen LogP contribution is -2.38. The second-order valence-electron chi connectivity index (χ2n) is 5.93. The molecule has 0 aromatic rings. The van der Waals surface area contributed by atoms with Gasteiger partial charge in [-0.2, -0.15) is 0 Å². The van der Waals surface area contributed by atoms with Gasteiger partial charge in [-0.3, -0.25) is 9.52 Å². The summed E-state index contributed by atoms with van der Waals surface area (Å²) in [4.78, 5) is 11.4. The van der Waals surface area contributed by atoms with E-state index < -0.39 is 12.3 Å². The van der Waals surface area contributed by atoms with Crippen molar-refractivity contribution >= 4 is 17.9 Å². The second kappa shape index (κ2) is 17.9. The van der Waals surface area contributed by atoms with E-state index in [0.717, 1.165) is 6.54 Å². The summed E-state index contributed by atoms with van der Waals surface area (Å²) in [6.07, 6.45) is 0.130. The van der Waals surface area contributed by atoms with Crippen molar-refractivity contribution in [1.29, 1.82) is 0 Å². The van der Waals surface area contributed by atoms with Crippen LogP contribution in [0.25, 0.3) is 0 Å². The summed E-state index contributed by atoms with van der Waals surface area (Å²) in [6.45, 7) is 9.29. The predicted molar refractivity (Wildman–Crippen MR) is 102 cm³/mol. The molecule has 0 saturated carbocycles. The molecule has 156 valence electrons.